The summed E-state index contributed by atoms with van der Waals surface area (Å²) in [4.78, 5) is 13.3. The number of unbranched alkanes of at least 4 members (excludes halogenated alkanes) is 3. The topological polar surface area (TPSA) is 26.3 Å². The van der Waals surface area contributed by atoms with E-state index in [1.807, 2.05) is 0 Å². The van der Waals surface area contributed by atoms with Crippen molar-refractivity contribution in [3.8, 4) is 0 Å². The van der Waals surface area contributed by atoms with E-state index in [4.69, 9.17) is 4.52 Å². The highest BCUT2D eigenvalue weighted by atomic mass is 32.2. The lowest BCUT2D eigenvalue weighted by Gasteiger charge is -2.24. The summed E-state index contributed by atoms with van der Waals surface area (Å²) in [6.07, 6.45) is 26.8. The predicted molar refractivity (Wildman–Crippen MR) is 164 cm³/mol. The summed E-state index contributed by atoms with van der Waals surface area (Å²) in [6.45, 7) is 9.82. The Morgan fingerprint density at radius 3 is 2.27 bits per heavy atom. The van der Waals surface area contributed by atoms with E-state index in [9.17, 15) is 4.79 Å². The maximum absolute atomic E-state index is 13.3. The Balaban J connectivity index is 1.16. The van der Waals surface area contributed by atoms with Crippen LogP contribution in [0.25, 0.3) is 0 Å². The Morgan fingerprint density at radius 2 is 1.65 bits per heavy atom. The van der Waals surface area contributed by atoms with Crippen LogP contribution in [0.2, 0.25) is 0 Å². The van der Waals surface area contributed by atoms with Gasteiger partial charge in [-0.25, -0.2) is 0 Å². The Kier molecular flexibility index (Phi) is 12.3. The van der Waals surface area contributed by atoms with Crippen molar-refractivity contribution in [3.63, 3.8) is 0 Å². The second-order valence-electron chi connectivity index (χ2n) is 12.3. The minimum Gasteiger partial charge on any atom is -0.360 e. The maximum Gasteiger partial charge on any atom is 0.136 e. The van der Waals surface area contributed by atoms with Crippen molar-refractivity contribution in [1.29, 1.82) is 0 Å². The first-order valence-corrected chi connectivity index (χ1v) is 18.4. The molecular weight excluding hydrogens is 491 g/mol. The molecule has 37 heavy (non-hydrogen) atoms. The van der Waals surface area contributed by atoms with Gasteiger partial charge in [-0.2, -0.15) is 11.8 Å². The first-order valence-electron chi connectivity index (χ1n) is 15.6. The van der Waals surface area contributed by atoms with Crippen molar-refractivity contribution in [3.05, 3.63) is 36.5 Å². The molecule has 0 aliphatic heterocycles. The van der Waals surface area contributed by atoms with Crippen LogP contribution in [-0.4, -0.2) is 36.2 Å². The van der Waals surface area contributed by atoms with E-state index in [-0.39, 0.29) is 8.15 Å². The van der Waals surface area contributed by atoms with Gasteiger partial charge in [0.15, 0.2) is 0 Å². The molecule has 0 aromatic carbocycles. The van der Waals surface area contributed by atoms with Crippen LogP contribution in [0.3, 0.4) is 0 Å². The zero-order chi connectivity index (χ0) is 26.0. The van der Waals surface area contributed by atoms with Gasteiger partial charge in [0, 0.05) is 27.1 Å². The number of rotatable bonds is 20. The van der Waals surface area contributed by atoms with Crippen LogP contribution in [0.4, 0.5) is 0 Å². The van der Waals surface area contributed by atoms with Crippen LogP contribution in [0.15, 0.2) is 36.5 Å². The van der Waals surface area contributed by atoms with E-state index in [0.29, 0.717) is 35.4 Å². The molecule has 0 N–H and O–H groups in total. The predicted octanol–water partition coefficient (Wildman–Crippen LogP) is 9.46. The Hall–Kier alpha value is -0.370. The van der Waals surface area contributed by atoms with Crippen LogP contribution < -0.4 is 0 Å². The van der Waals surface area contributed by atoms with Gasteiger partial charge in [0.2, 0.25) is 0 Å². The lowest BCUT2D eigenvalue weighted by atomic mass is 9.82. The highest BCUT2D eigenvalue weighted by molar-refractivity contribution is 7.99. The number of fused-ring (bicyclic) bond motifs is 4. The van der Waals surface area contributed by atoms with E-state index in [1.54, 1.807) is 0 Å². The molecule has 4 aliphatic rings. The molecule has 0 aromatic heterocycles. The molecule has 0 spiro atoms. The van der Waals surface area contributed by atoms with E-state index < -0.39 is 0 Å². The summed E-state index contributed by atoms with van der Waals surface area (Å²) in [5, 5.41) is 0. The third-order valence-electron chi connectivity index (χ3n) is 9.44. The van der Waals surface area contributed by atoms with Gasteiger partial charge in [-0.05, 0) is 118 Å². The van der Waals surface area contributed by atoms with Crippen LogP contribution in [0.1, 0.15) is 90.9 Å². The molecule has 4 heteroatoms. The summed E-state index contributed by atoms with van der Waals surface area (Å²) in [5.74, 6) is 7.29. The zero-order valence-corrected chi connectivity index (χ0v) is 25.5. The molecule has 0 aromatic rings. The lowest BCUT2D eigenvalue weighted by molar-refractivity contribution is -0.124. The molecule has 2 nitrogen and oxygen atoms in total. The molecule has 2 saturated carbocycles. The number of allylic oxidation sites excluding steroid dienone is 5. The van der Waals surface area contributed by atoms with Crippen LogP contribution in [-0.2, 0) is 9.32 Å². The molecule has 0 amide bonds. The van der Waals surface area contributed by atoms with Gasteiger partial charge >= 0.3 is 0 Å². The quantitative estimate of drug-likeness (QED) is 0.0867. The number of hydrogen-bond donors (Lipinski definition) is 0. The zero-order valence-electron chi connectivity index (χ0n) is 23.8. The number of Topliss-reactive ketones (excluding diaryl/α,β-unsaturated/α-hetero) is 1. The number of carbonyl (C=O) groups is 1. The molecule has 8 atom stereocenters. The maximum atomic E-state index is 13.3. The van der Waals surface area contributed by atoms with Gasteiger partial charge in [-0.3, -0.25) is 4.79 Å². The number of ketones is 1. The van der Waals surface area contributed by atoms with E-state index in [0.717, 1.165) is 49.9 Å². The summed E-state index contributed by atoms with van der Waals surface area (Å²) in [6, 6.07) is 0. The summed E-state index contributed by atoms with van der Waals surface area (Å²) >= 11 is 2.11. The SMILES string of the molecule is C=C(CCC(CSCCCCCCP(CCC)OCC)CC(=O)C1CC2C=CC1C2)C1CC2C=CC1C2. The molecule has 4 rings (SSSR count). The largest absolute Gasteiger partial charge is 0.360 e. The third kappa shape index (κ3) is 8.81. The molecule has 0 radical (unpaired) electrons. The third-order valence-corrected chi connectivity index (χ3v) is 13.1. The normalized spacial score (nSPS) is 30.9. The molecule has 208 valence electrons. The molecule has 0 heterocycles. The van der Waals surface area contributed by atoms with Crippen molar-refractivity contribution in [2.24, 2.45) is 41.4 Å². The van der Waals surface area contributed by atoms with Gasteiger partial charge in [-0.1, -0.05) is 62.6 Å². The van der Waals surface area contributed by atoms with Gasteiger partial charge in [0.1, 0.15) is 5.78 Å². The number of thioether (sulfide) groups is 1. The van der Waals surface area contributed by atoms with Gasteiger partial charge in [-0.15, -0.1) is 0 Å². The minimum absolute atomic E-state index is 0.179. The molecule has 0 saturated heterocycles. The van der Waals surface area contributed by atoms with E-state index >= 15 is 0 Å². The molecule has 4 bridgehead atoms. The highest BCUT2D eigenvalue weighted by Gasteiger charge is 2.40. The first kappa shape index (κ1) is 29.6. The molecule has 4 aliphatic carbocycles. The highest BCUT2D eigenvalue weighted by Crippen LogP contribution is 2.48. The summed E-state index contributed by atoms with van der Waals surface area (Å²) in [5.41, 5.74) is 1.47. The van der Waals surface area contributed by atoms with Crippen LogP contribution >= 0.6 is 19.9 Å². The molecule has 2 fully saturated rings. The van der Waals surface area contributed by atoms with Crippen molar-refractivity contribution in [1.82, 2.24) is 0 Å². The summed E-state index contributed by atoms with van der Waals surface area (Å²) in [7, 11) is -0.179. The van der Waals surface area contributed by atoms with Gasteiger partial charge in [0.25, 0.3) is 0 Å². The Morgan fingerprint density at radius 1 is 0.946 bits per heavy atom. The monoisotopic (exact) mass is 544 g/mol. The average molecular weight is 545 g/mol. The van der Waals surface area contributed by atoms with Crippen molar-refractivity contribution >= 4 is 25.7 Å². The standard InChI is InChI=1S/C33H53O2PS/c1-4-16-36(35-5-2)17-8-6-7-9-18-37-24-28(23-33(34)32-22-27-13-15-30(32)20-27)11-10-25(3)31-21-26-12-14-29(31)19-26/h12-15,26-32H,3-11,16-24H2,1-2H3. The van der Waals surface area contributed by atoms with Crippen molar-refractivity contribution < 1.29 is 9.32 Å². The molecular formula is C33H53O2PS. The second kappa shape index (κ2) is 15.4. The fourth-order valence-corrected chi connectivity index (χ4v) is 10.5. The van der Waals surface area contributed by atoms with Gasteiger partial charge in [0.05, 0.1) is 0 Å². The first-order chi connectivity index (χ1) is 18.1. The van der Waals surface area contributed by atoms with Crippen LogP contribution in [0, 0.1) is 41.4 Å². The van der Waals surface area contributed by atoms with E-state index in [2.05, 4.69) is 56.5 Å². The van der Waals surface area contributed by atoms with Crippen molar-refractivity contribution in [2.45, 2.75) is 90.9 Å². The Labute approximate surface area is 233 Å². The fraction of sp³-hybridized carbons (Fsp3) is 0.788. The van der Waals surface area contributed by atoms with Crippen LogP contribution in [0.5, 0.6) is 0 Å². The second-order valence-corrected chi connectivity index (χ2v) is 15.6. The van der Waals surface area contributed by atoms with Gasteiger partial charge < -0.3 is 4.52 Å². The smallest absolute Gasteiger partial charge is 0.136 e. The number of carbonyl (C=O) groups excluding carboxylic acids is 1. The van der Waals surface area contributed by atoms with E-state index in [1.165, 1.54) is 75.0 Å². The molecule has 8 unspecified atom stereocenters. The fourth-order valence-electron chi connectivity index (χ4n) is 7.42. The van der Waals surface area contributed by atoms with Crippen molar-refractivity contribution in [2.75, 3.05) is 30.4 Å². The summed E-state index contributed by atoms with van der Waals surface area (Å²) < 4.78 is 5.94. The number of hydrogen-bond acceptors (Lipinski definition) is 3. The lowest BCUT2D eigenvalue weighted by Crippen LogP contribution is -2.23. The minimum atomic E-state index is -0.179. The Bertz CT molecular complexity index is 785. The average Bonchev–Trinajstić information content (AvgIpc) is 3.71.